The van der Waals surface area contributed by atoms with Crippen LogP contribution >= 0.6 is 0 Å². The number of rotatable bonds is 3. The Morgan fingerprint density at radius 1 is 1.39 bits per heavy atom. The summed E-state index contributed by atoms with van der Waals surface area (Å²) in [7, 11) is 0. The van der Waals surface area contributed by atoms with E-state index in [1.165, 1.54) is 5.56 Å². The number of piperidine rings is 1. The smallest absolute Gasteiger partial charge is 0.317 e. The molecule has 0 aromatic carbocycles. The molecule has 6 heteroatoms. The molecule has 0 bridgehead atoms. The predicted octanol–water partition coefficient (Wildman–Crippen LogP) is 2.36. The van der Waals surface area contributed by atoms with Crippen molar-refractivity contribution in [3.63, 3.8) is 0 Å². The van der Waals surface area contributed by atoms with Crippen molar-refractivity contribution < 1.29 is 9.53 Å². The van der Waals surface area contributed by atoms with Crippen molar-refractivity contribution in [2.45, 2.75) is 64.1 Å². The quantitative estimate of drug-likeness (QED) is 0.930. The van der Waals surface area contributed by atoms with Gasteiger partial charge < -0.3 is 15.0 Å². The standard InChI is InChI=1S/C17H28N4O2/c1-4-21-12-14(11-18-21)13-5-8-20(9-6-13)16(22)19-15-7-10-23-17(15,2)3/h11-13,15H,4-10H2,1-3H3,(H,19,22). The van der Waals surface area contributed by atoms with Crippen molar-refractivity contribution in [3.05, 3.63) is 18.0 Å². The van der Waals surface area contributed by atoms with E-state index in [9.17, 15) is 4.79 Å². The Kier molecular flexibility index (Phi) is 4.62. The van der Waals surface area contributed by atoms with Gasteiger partial charge in [0.25, 0.3) is 0 Å². The first-order chi connectivity index (χ1) is 11.0. The van der Waals surface area contributed by atoms with E-state index in [1.54, 1.807) is 0 Å². The lowest BCUT2D eigenvalue weighted by Gasteiger charge is -2.34. The van der Waals surface area contributed by atoms with E-state index in [0.29, 0.717) is 5.92 Å². The third-order valence-electron chi connectivity index (χ3n) is 5.25. The molecule has 1 aromatic heterocycles. The summed E-state index contributed by atoms with van der Waals surface area (Å²) in [6, 6.07) is 0.159. The maximum Gasteiger partial charge on any atom is 0.317 e. The Labute approximate surface area is 138 Å². The highest BCUT2D eigenvalue weighted by atomic mass is 16.5. The number of carbonyl (C=O) groups excluding carboxylic acids is 1. The van der Waals surface area contributed by atoms with E-state index < -0.39 is 0 Å². The Bertz CT molecular complexity index is 547. The zero-order valence-electron chi connectivity index (χ0n) is 14.4. The van der Waals surface area contributed by atoms with Gasteiger partial charge in [-0.15, -0.1) is 0 Å². The summed E-state index contributed by atoms with van der Waals surface area (Å²) in [5.41, 5.74) is 1.04. The number of aryl methyl sites for hydroxylation is 1. The van der Waals surface area contributed by atoms with E-state index >= 15 is 0 Å². The monoisotopic (exact) mass is 320 g/mol. The van der Waals surface area contributed by atoms with Crippen LogP contribution in [0.25, 0.3) is 0 Å². The molecule has 2 amide bonds. The van der Waals surface area contributed by atoms with E-state index in [2.05, 4.69) is 23.5 Å². The molecule has 2 aliphatic rings. The lowest BCUT2D eigenvalue weighted by Crippen LogP contribution is -2.52. The average molecular weight is 320 g/mol. The van der Waals surface area contributed by atoms with E-state index in [1.807, 2.05) is 29.6 Å². The van der Waals surface area contributed by atoms with Crippen LogP contribution in [0.2, 0.25) is 0 Å². The minimum absolute atomic E-state index is 0.0521. The molecule has 0 spiro atoms. The summed E-state index contributed by atoms with van der Waals surface area (Å²) < 4.78 is 7.66. The molecule has 1 aromatic rings. The molecule has 2 saturated heterocycles. The summed E-state index contributed by atoms with van der Waals surface area (Å²) in [4.78, 5) is 14.4. The van der Waals surface area contributed by atoms with Gasteiger partial charge in [0.1, 0.15) is 0 Å². The first kappa shape index (κ1) is 16.3. The fourth-order valence-electron chi connectivity index (χ4n) is 3.55. The fourth-order valence-corrected chi connectivity index (χ4v) is 3.55. The van der Waals surface area contributed by atoms with E-state index in [0.717, 1.165) is 45.5 Å². The number of nitrogens with one attached hydrogen (secondary N) is 1. The van der Waals surface area contributed by atoms with Gasteiger partial charge in [0.15, 0.2) is 0 Å². The number of aromatic nitrogens is 2. The molecule has 1 atom stereocenters. The SMILES string of the molecule is CCn1cc(C2CCN(C(=O)NC3CCOC3(C)C)CC2)cn1. The van der Waals surface area contributed by atoms with Gasteiger partial charge in [-0.1, -0.05) is 0 Å². The number of amides is 2. The fraction of sp³-hybridized carbons (Fsp3) is 0.765. The van der Waals surface area contributed by atoms with Crippen LogP contribution in [0.15, 0.2) is 12.4 Å². The highest BCUT2D eigenvalue weighted by Crippen LogP contribution is 2.29. The van der Waals surface area contributed by atoms with Gasteiger partial charge in [0, 0.05) is 32.4 Å². The Morgan fingerprint density at radius 2 is 2.13 bits per heavy atom. The molecule has 23 heavy (non-hydrogen) atoms. The summed E-state index contributed by atoms with van der Waals surface area (Å²) in [6.07, 6.45) is 7.02. The molecule has 2 fully saturated rings. The summed E-state index contributed by atoms with van der Waals surface area (Å²) in [5.74, 6) is 0.519. The zero-order chi connectivity index (χ0) is 16.4. The van der Waals surface area contributed by atoms with Crippen LogP contribution < -0.4 is 5.32 Å². The van der Waals surface area contributed by atoms with Gasteiger partial charge in [0.2, 0.25) is 0 Å². The van der Waals surface area contributed by atoms with Gasteiger partial charge in [0.05, 0.1) is 17.8 Å². The van der Waals surface area contributed by atoms with Crippen LogP contribution in [0.3, 0.4) is 0 Å². The third kappa shape index (κ3) is 3.52. The van der Waals surface area contributed by atoms with Crippen LogP contribution in [0.4, 0.5) is 4.79 Å². The highest BCUT2D eigenvalue weighted by molar-refractivity contribution is 5.74. The number of carbonyl (C=O) groups is 1. The summed E-state index contributed by atoms with van der Waals surface area (Å²) in [6.45, 7) is 9.43. The lowest BCUT2D eigenvalue weighted by atomic mass is 9.91. The van der Waals surface area contributed by atoms with Gasteiger partial charge in [-0.25, -0.2) is 4.79 Å². The Hall–Kier alpha value is -1.56. The molecular formula is C17H28N4O2. The summed E-state index contributed by atoms with van der Waals surface area (Å²) >= 11 is 0. The molecule has 6 nitrogen and oxygen atoms in total. The number of hydrogen-bond donors (Lipinski definition) is 1. The van der Waals surface area contributed by atoms with Gasteiger partial charge in [-0.3, -0.25) is 4.68 Å². The van der Waals surface area contributed by atoms with Crippen molar-refractivity contribution >= 4 is 6.03 Å². The second kappa shape index (κ2) is 6.51. The first-order valence-electron chi connectivity index (χ1n) is 8.71. The van der Waals surface area contributed by atoms with Crippen molar-refractivity contribution in [3.8, 4) is 0 Å². The molecule has 128 valence electrons. The normalized spacial score (nSPS) is 24.8. The molecular weight excluding hydrogens is 292 g/mol. The number of ether oxygens (including phenoxy) is 1. The van der Waals surface area contributed by atoms with Crippen LogP contribution in [-0.2, 0) is 11.3 Å². The summed E-state index contributed by atoms with van der Waals surface area (Å²) in [5, 5.41) is 7.51. The highest BCUT2D eigenvalue weighted by Gasteiger charge is 2.37. The molecule has 0 aliphatic carbocycles. The van der Waals surface area contributed by atoms with Crippen LogP contribution in [-0.4, -0.2) is 52.1 Å². The Morgan fingerprint density at radius 3 is 2.70 bits per heavy atom. The second-order valence-corrected chi connectivity index (χ2v) is 7.13. The second-order valence-electron chi connectivity index (χ2n) is 7.13. The lowest BCUT2D eigenvalue weighted by molar-refractivity contribution is 0.0223. The number of urea groups is 1. The van der Waals surface area contributed by atoms with Gasteiger partial charge >= 0.3 is 6.03 Å². The van der Waals surface area contributed by atoms with Gasteiger partial charge in [-0.2, -0.15) is 5.10 Å². The van der Waals surface area contributed by atoms with Crippen LogP contribution in [0, 0.1) is 0 Å². The van der Waals surface area contributed by atoms with Gasteiger partial charge in [-0.05, 0) is 51.5 Å². The van der Waals surface area contributed by atoms with Crippen LogP contribution in [0.5, 0.6) is 0 Å². The number of nitrogens with zero attached hydrogens (tertiary/aromatic N) is 3. The van der Waals surface area contributed by atoms with E-state index in [4.69, 9.17) is 4.74 Å². The number of hydrogen-bond acceptors (Lipinski definition) is 3. The van der Waals surface area contributed by atoms with Crippen molar-refractivity contribution in [1.82, 2.24) is 20.0 Å². The molecule has 3 rings (SSSR count). The topological polar surface area (TPSA) is 59.4 Å². The molecule has 1 N–H and O–H groups in total. The maximum absolute atomic E-state index is 12.5. The molecule has 0 radical (unpaired) electrons. The number of likely N-dealkylation sites (tertiary alicyclic amines) is 1. The minimum atomic E-state index is -0.261. The van der Waals surface area contributed by atoms with Crippen molar-refractivity contribution in [2.75, 3.05) is 19.7 Å². The molecule has 1 unspecified atom stereocenters. The molecule has 3 heterocycles. The Balaban J connectivity index is 1.51. The van der Waals surface area contributed by atoms with Crippen molar-refractivity contribution in [1.29, 1.82) is 0 Å². The molecule has 0 saturated carbocycles. The van der Waals surface area contributed by atoms with E-state index in [-0.39, 0.29) is 17.7 Å². The first-order valence-corrected chi connectivity index (χ1v) is 8.71. The predicted molar refractivity (Wildman–Crippen MR) is 88.4 cm³/mol. The third-order valence-corrected chi connectivity index (χ3v) is 5.25. The largest absolute Gasteiger partial charge is 0.373 e. The average Bonchev–Trinajstić information content (AvgIpc) is 3.14. The zero-order valence-corrected chi connectivity index (χ0v) is 14.4. The minimum Gasteiger partial charge on any atom is -0.373 e. The maximum atomic E-state index is 12.5. The molecule has 2 aliphatic heterocycles. The van der Waals surface area contributed by atoms with Crippen LogP contribution in [0.1, 0.15) is 51.5 Å². The van der Waals surface area contributed by atoms with Crippen molar-refractivity contribution in [2.24, 2.45) is 0 Å².